The van der Waals surface area contributed by atoms with E-state index in [-0.39, 0.29) is 30.2 Å². The van der Waals surface area contributed by atoms with Gasteiger partial charge in [-0.2, -0.15) is 13.2 Å². The number of hydrogen-bond acceptors (Lipinski definition) is 4. The van der Waals surface area contributed by atoms with Gasteiger partial charge in [-0.25, -0.2) is 9.78 Å². The number of hydrogen-bond donors (Lipinski definition) is 1. The molecule has 10 heteroatoms. The van der Waals surface area contributed by atoms with Gasteiger partial charge in [0.25, 0.3) is 5.56 Å². The number of aromatic amines is 1. The number of alkyl halides is 3. The van der Waals surface area contributed by atoms with Gasteiger partial charge in [-0.3, -0.25) is 14.3 Å². The molecule has 156 valence electrons. The second-order valence-electron chi connectivity index (χ2n) is 7.09. The summed E-state index contributed by atoms with van der Waals surface area (Å²) >= 11 is 0. The Morgan fingerprint density at radius 3 is 2.34 bits per heavy atom. The van der Waals surface area contributed by atoms with E-state index in [4.69, 9.17) is 4.74 Å². The molecule has 1 aromatic carbocycles. The fourth-order valence-corrected chi connectivity index (χ4v) is 3.14. The van der Waals surface area contributed by atoms with Gasteiger partial charge in [0.05, 0.1) is 12.2 Å². The number of methoxy groups -OCH3 is 1. The zero-order valence-corrected chi connectivity index (χ0v) is 16.2. The van der Waals surface area contributed by atoms with Crippen LogP contribution in [0, 0.1) is 5.92 Å². The van der Waals surface area contributed by atoms with E-state index >= 15 is 0 Å². The lowest BCUT2D eigenvalue weighted by molar-refractivity contribution is -0.137. The first-order valence-corrected chi connectivity index (χ1v) is 9.03. The Kier molecular flexibility index (Phi) is 5.65. The molecular formula is C19H21F3N4O3. The molecule has 0 fully saturated rings. The van der Waals surface area contributed by atoms with Crippen LogP contribution in [0.25, 0.3) is 22.6 Å². The number of halogens is 3. The van der Waals surface area contributed by atoms with Crippen LogP contribution in [0.1, 0.15) is 19.4 Å². The molecule has 3 aromatic rings. The van der Waals surface area contributed by atoms with Crippen molar-refractivity contribution < 1.29 is 17.9 Å². The van der Waals surface area contributed by atoms with E-state index in [0.717, 1.165) is 12.1 Å². The van der Waals surface area contributed by atoms with Crippen molar-refractivity contribution in [2.45, 2.75) is 33.1 Å². The molecular weight excluding hydrogens is 389 g/mol. The van der Waals surface area contributed by atoms with Gasteiger partial charge in [-0.15, -0.1) is 0 Å². The lowest BCUT2D eigenvalue weighted by Crippen LogP contribution is -2.32. The van der Waals surface area contributed by atoms with Crippen LogP contribution < -0.4 is 11.2 Å². The maximum atomic E-state index is 12.9. The summed E-state index contributed by atoms with van der Waals surface area (Å²) in [5, 5.41) is 0. The number of nitrogens with one attached hydrogen (secondary N) is 1. The van der Waals surface area contributed by atoms with Gasteiger partial charge in [0, 0.05) is 25.8 Å². The first-order valence-electron chi connectivity index (χ1n) is 9.03. The number of imidazole rings is 1. The van der Waals surface area contributed by atoms with Crippen molar-refractivity contribution in [1.29, 1.82) is 0 Å². The number of H-pyrrole nitrogens is 1. The molecule has 0 spiro atoms. The van der Waals surface area contributed by atoms with Gasteiger partial charge < -0.3 is 9.30 Å². The molecule has 0 aliphatic rings. The van der Waals surface area contributed by atoms with Gasteiger partial charge in [0.15, 0.2) is 11.2 Å². The smallest absolute Gasteiger partial charge is 0.383 e. The Hall–Kier alpha value is -2.88. The van der Waals surface area contributed by atoms with Gasteiger partial charge in [0.2, 0.25) is 0 Å². The summed E-state index contributed by atoms with van der Waals surface area (Å²) in [5.41, 5.74) is -1.20. The molecule has 0 aliphatic carbocycles. The van der Waals surface area contributed by atoms with Crippen molar-refractivity contribution in [3.8, 4) is 11.4 Å². The Balaban J connectivity index is 2.27. The quantitative estimate of drug-likeness (QED) is 0.678. The minimum atomic E-state index is -4.45. The molecule has 29 heavy (non-hydrogen) atoms. The van der Waals surface area contributed by atoms with Crippen LogP contribution in [-0.2, 0) is 24.0 Å². The highest BCUT2D eigenvalue weighted by atomic mass is 19.4. The molecule has 0 aliphatic heterocycles. The van der Waals surface area contributed by atoms with Crippen LogP contribution in [0.3, 0.4) is 0 Å². The first-order chi connectivity index (χ1) is 13.6. The van der Waals surface area contributed by atoms with E-state index in [1.165, 1.54) is 23.8 Å². The summed E-state index contributed by atoms with van der Waals surface area (Å²) < 4.78 is 46.7. The second kappa shape index (κ2) is 7.86. The fourth-order valence-electron chi connectivity index (χ4n) is 3.14. The van der Waals surface area contributed by atoms with Gasteiger partial charge in [-0.1, -0.05) is 26.0 Å². The predicted molar refractivity (Wildman–Crippen MR) is 102 cm³/mol. The third kappa shape index (κ3) is 4.12. The zero-order valence-electron chi connectivity index (χ0n) is 16.2. The van der Waals surface area contributed by atoms with Crippen LogP contribution in [0.2, 0.25) is 0 Å². The molecule has 0 amide bonds. The molecule has 7 nitrogen and oxygen atoms in total. The number of nitrogens with zero attached hydrogens (tertiary/aromatic N) is 3. The topological polar surface area (TPSA) is 81.9 Å². The van der Waals surface area contributed by atoms with E-state index in [0.29, 0.717) is 17.9 Å². The third-order valence-electron chi connectivity index (χ3n) is 4.42. The monoisotopic (exact) mass is 410 g/mol. The largest absolute Gasteiger partial charge is 0.416 e. The van der Waals surface area contributed by atoms with Crippen molar-refractivity contribution in [1.82, 2.24) is 19.1 Å². The van der Waals surface area contributed by atoms with Gasteiger partial charge in [-0.05, 0) is 18.1 Å². The summed E-state index contributed by atoms with van der Waals surface area (Å²) in [5.74, 6) is 0.403. The molecule has 2 aromatic heterocycles. The van der Waals surface area contributed by atoms with E-state index < -0.39 is 23.0 Å². The van der Waals surface area contributed by atoms with Crippen LogP contribution in [-0.4, -0.2) is 32.8 Å². The van der Waals surface area contributed by atoms with Crippen LogP contribution in [0.5, 0.6) is 0 Å². The van der Waals surface area contributed by atoms with E-state index in [9.17, 15) is 22.8 Å². The second-order valence-corrected chi connectivity index (χ2v) is 7.09. The molecule has 0 unspecified atom stereocenters. The van der Waals surface area contributed by atoms with Crippen LogP contribution in [0.4, 0.5) is 13.2 Å². The molecule has 0 bridgehead atoms. The standard InChI is InChI=1S/C19H21F3N4O3/c1-11(2)10-26-16-14(17(27)24-18(26)28)25(8-9-29-3)15(23-16)12-4-6-13(7-5-12)19(20,21)22/h4-7,11H,8-10H2,1-3H3,(H,24,27,28). The van der Waals surface area contributed by atoms with Crippen molar-refractivity contribution in [3.63, 3.8) is 0 Å². The molecule has 2 heterocycles. The van der Waals surface area contributed by atoms with Crippen LogP contribution >= 0.6 is 0 Å². The van der Waals surface area contributed by atoms with Crippen LogP contribution in [0.15, 0.2) is 33.9 Å². The van der Waals surface area contributed by atoms with Crippen molar-refractivity contribution in [2.75, 3.05) is 13.7 Å². The Labute approximate surface area is 163 Å². The summed E-state index contributed by atoms with van der Waals surface area (Å²) in [6.07, 6.45) is -4.45. The lowest BCUT2D eigenvalue weighted by Gasteiger charge is -2.10. The molecule has 0 saturated heterocycles. The average Bonchev–Trinajstić information content (AvgIpc) is 3.02. The Bertz CT molecular complexity index is 1130. The highest BCUT2D eigenvalue weighted by molar-refractivity contribution is 5.77. The third-order valence-corrected chi connectivity index (χ3v) is 4.42. The minimum absolute atomic E-state index is 0.112. The summed E-state index contributed by atoms with van der Waals surface area (Å²) in [6.45, 7) is 4.66. The number of rotatable bonds is 6. The molecule has 0 atom stereocenters. The Morgan fingerprint density at radius 1 is 1.14 bits per heavy atom. The number of aromatic nitrogens is 4. The van der Waals surface area contributed by atoms with Gasteiger partial charge >= 0.3 is 11.9 Å². The maximum absolute atomic E-state index is 12.9. The van der Waals surface area contributed by atoms with Crippen molar-refractivity contribution >= 4 is 11.2 Å². The summed E-state index contributed by atoms with van der Waals surface area (Å²) in [4.78, 5) is 31.6. The summed E-state index contributed by atoms with van der Waals surface area (Å²) in [6, 6.07) is 4.51. The van der Waals surface area contributed by atoms with Gasteiger partial charge in [0.1, 0.15) is 5.82 Å². The molecule has 0 saturated carbocycles. The Morgan fingerprint density at radius 2 is 1.79 bits per heavy atom. The highest BCUT2D eigenvalue weighted by Crippen LogP contribution is 2.31. The van der Waals surface area contributed by atoms with E-state index in [1.807, 2.05) is 13.8 Å². The lowest BCUT2D eigenvalue weighted by atomic mass is 10.1. The molecule has 3 rings (SSSR count). The zero-order chi connectivity index (χ0) is 21.3. The number of fused-ring (bicyclic) bond motifs is 1. The predicted octanol–water partition coefficient (Wildman–Crippen LogP) is 2.87. The number of benzene rings is 1. The average molecular weight is 410 g/mol. The van der Waals surface area contributed by atoms with Crippen molar-refractivity contribution in [3.05, 3.63) is 50.7 Å². The molecule has 0 radical (unpaired) electrons. The normalized spacial score (nSPS) is 12.2. The maximum Gasteiger partial charge on any atom is 0.416 e. The van der Waals surface area contributed by atoms with Crippen molar-refractivity contribution in [2.24, 2.45) is 5.92 Å². The fraction of sp³-hybridized carbons (Fsp3) is 0.421. The van der Waals surface area contributed by atoms with E-state index in [2.05, 4.69) is 9.97 Å². The first kappa shape index (κ1) is 20.8. The SMILES string of the molecule is COCCn1c(-c2ccc(C(F)(F)F)cc2)nc2c1c(=O)[nH]c(=O)n2CC(C)C. The summed E-state index contributed by atoms with van der Waals surface area (Å²) in [7, 11) is 1.50. The number of ether oxygens (including phenoxy) is 1. The molecule has 1 N–H and O–H groups in total. The minimum Gasteiger partial charge on any atom is -0.383 e. The van der Waals surface area contributed by atoms with E-state index in [1.54, 1.807) is 4.57 Å². The highest BCUT2D eigenvalue weighted by Gasteiger charge is 2.30.